The van der Waals surface area contributed by atoms with Gasteiger partial charge in [-0.1, -0.05) is 24.3 Å². The van der Waals surface area contributed by atoms with E-state index in [1.54, 1.807) is 0 Å². The Morgan fingerprint density at radius 3 is 2.38 bits per heavy atom. The van der Waals surface area contributed by atoms with E-state index in [4.69, 9.17) is 9.47 Å². The number of para-hydroxylation sites is 1. The van der Waals surface area contributed by atoms with Gasteiger partial charge in [0, 0.05) is 40.5 Å². The minimum absolute atomic E-state index is 0.00424. The van der Waals surface area contributed by atoms with Crippen LogP contribution in [0.2, 0.25) is 0 Å². The monoisotopic (exact) mass is 430 g/mol. The van der Waals surface area contributed by atoms with E-state index in [9.17, 15) is 4.79 Å². The number of hydrogen-bond acceptors (Lipinski definition) is 3. The standard InChI is InChI=1S/C27H30N2O3/c1-4-29-23-10-8-7-9-21(23)22-18-20(13-14-24(22)29)28-27(30)16-12-19-11-15-25(31-5-2)26(17-19)32-6-3/h7-11,13-15,17-18H,4-6,12,16H2,1-3H3,(H,28,30). The van der Waals surface area contributed by atoms with Crippen molar-refractivity contribution in [3.8, 4) is 11.5 Å². The average molecular weight is 431 g/mol. The average Bonchev–Trinajstić information content (AvgIpc) is 3.12. The molecular formula is C27H30N2O3. The summed E-state index contributed by atoms with van der Waals surface area (Å²) in [7, 11) is 0. The number of carbonyl (C=O) groups is 1. The molecule has 0 atom stereocenters. The van der Waals surface area contributed by atoms with Crippen LogP contribution in [0.4, 0.5) is 5.69 Å². The minimum atomic E-state index is -0.00424. The molecule has 0 unspecified atom stereocenters. The maximum Gasteiger partial charge on any atom is 0.224 e. The Morgan fingerprint density at radius 1 is 0.844 bits per heavy atom. The second kappa shape index (κ2) is 9.77. The summed E-state index contributed by atoms with van der Waals surface area (Å²) in [5.74, 6) is 1.46. The lowest BCUT2D eigenvalue weighted by Crippen LogP contribution is -2.12. The maximum absolute atomic E-state index is 12.7. The van der Waals surface area contributed by atoms with E-state index in [0.717, 1.165) is 34.7 Å². The molecule has 1 heterocycles. The first-order chi connectivity index (χ1) is 15.6. The van der Waals surface area contributed by atoms with Gasteiger partial charge in [0.25, 0.3) is 0 Å². The van der Waals surface area contributed by atoms with Crippen molar-refractivity contribution in [2.45, 2.75) is 40.2 Å². The van der Waals surface area contributed by atoms with Gasteiger partial charge in [-0.05, 0) is 69.2 Å². The molecule has 4 aromatic rings. The first kappa shape index (κ1) is 21.8. The van der Waals surface area contributed by atoms with Crippen LogP contribution in [0.1, 0.15) is 32.8 Å². The van der Waals surface area contributed by atoms with E-state index in [0.29, 0.717) is 26.1 Å². The fraction of sp³-hybridized carbons (Fsp3) is 0.296. The number of aromatic nitrogens is 1. The van der Waals surface area contributed by atoms with Crippen molar-refractivity contribution in [2.75, 3.05) is 18.5 Å². The first-order valence-corrected chi connectivity index (χ1v) is 11.3. The number of anilines is 1. The highest BCUT2D eigenvalue weighted by Crippen LogP contribution is 2.31. The van der Waals surface area contributed by atoms with Gasteiger partial charge in [-0.25, -0.2) is 0 Å². The van der Waals surface area contributed by atoms with Gasteiger partial charge in [-0.15, -0.1) is 0 Å². The molecule has 0 aliphatic rings. The van der Waals surface area contributed by atoms with E-state index in [-0.39, 0.29) is 5.91 Å². The molecule has 4 rings (SSSR count). The summed E-state index contributed by atoms with van der Waals surface area (Å²) in [6, 6.07) is 20.4. The van der Waals surface area contributed by atoms with Crippen molar-refractivity contribution in [1.29, 1.82) is 0 Å². The van der Waals surface area contributed by atoms with Crippen LogP contribution in [0.25, 0.3) is 21.8 Å². The third-order valence-corrected chi connectivity index (χ3v) is 5.62. The van der Waals surface area contributed by atoms with Gasteiger partial charge >= 0.3 is 0 Å². The SMILES string of the molecule is CCOc1ccc(CCC(=O)Nc2ccc3c(c2)c2ccccc2n3CC)cc1OCC. The number of hydrogen-bond donors (Lipinski definition) is 1. The second-order valence-corrected chi connectivity index (χ2v) is 7.69. The molecule has 5 heteroatoms. The van der Waals surface area contributed by atoms with E-state index in [1.807, 2.05) is 38.1 Å². The second-order valence-electron chi connectivity index (χ2n) is 7.69. The number of aryl methyl sites for hydroxylation is 2. The lowest BCUT2D eigenvalue weighted by molar-refractivity contribution is -0.116. The van der Waals surface area contributed by atoms with Gasteiger partial charge in [0.05, 0.1) is 13.2 Å². The van der Waals surface area contributed by atoms with E-state index in [1.165, 1.54) is 16.4 Å². The molecule has 0 saturated heterocycles. The van der Waals surface area contributed by atoms with Crippen LogP contribution in [0, 0.1) is 0 Å². The number of fused-ring (bicyclic) bond motifs is 3. The third kappa shape index (κ3) is 4.42. The molecule has 5 nitrogen and oxygen atoms in total. The van der Waals surface area contributed by atoms with Crippen molar-refractivity contribution in [2.24, 2.45) is 0 Å². The lowest BCUT2D eigenvalue weighted by atomic mass is 10.1. The Bertz CT molecular complexity index is 1240. The molecular weight excluding hydrogens is 400 g/mol. The van der Waals surface area contributed by atoms with Gasteiger partial charge in [0.1, 0.15) is 0 Å². The van der Waals surface area contributed by atoms with Gasteiger partial charge in [0.2, 0.25) is 5.91 Å². The molecule has 0 aliphatic carbocycles. The van der Waals surface area contributed by atoms with Crippen LogP contribution < -0.4 is 14.8 Å². The van der Waals surface area contributed by atoms with E-state index >= 15 is 0 Å². The quantitative estimate of drug-likeness (QED) is 0.345. The summed E-state index contributed by atoms with van der Waals surface area (Å²) in [5.41, 5.74) is 4.27. The Hall–Kier alpha value is -3.47. The van der Waals surface area contributed by atoms with Crippen LogP contribution in [0.15, 0.2) is 60.7 Å². The van der Waals surface area contributed by atoms with E-state index in [2.05, 4.69) is 53.2 Å². The molecule has 1 N–H and O–H groups in total. The molecule has 0 aliphatic heterocycles. The molecule has 0 bridgehead atoms. The Labute approximate surface area is 188 Å². The zero-order valence-electron chi connectivity index (χ0n) is 19.0. The van der Waals surface area contributed by atoms with Gasteiger partial charge in [0.15, 0.2) is 11.5 Å². The summed E-state index contributed by atoms with van der Waals surface area (Å²) in [6.45, 7) is 8.11. The molecule has 3 aromatic carbocycles. The lowest BCUT2D eigenvalue weighted by Gasteiger charge is -2.12. The number of rotatable bonds is 9. The predicted molar refractivity (Wildman–Crippen MR) is 131 cm³/mol. The van der Waals surface area contributed by atoms with Crippen LogP contribution >= 0.6 is 0 Å². The number of carbonyl (C=O) groups excluding carboxylic acids is 1. The smallest absolute Gasteiger partial charge is 0.224 e. The molecule has 0 saturated carbocycles. The number of ether oxygens (including phenoxy) is 2. The van der Waals surface area contributed by atoms with Crippen LogP contribution in [-0.2, 0) is 17.8 Å². The van der Waals surface area contributed by atoms with Crippen molar-refractivity contribution in [3.63, 3.8) is 0 Å². The largest absolute Gasteiger partial charge is 0.490 e. The highest BCUT2D eigenvalue weighted by molar-refractivity contribution is 6.09. The molecule has 166 valence electrons. The molecule has 0 fully saturated rings. The topological polar surface area (TPSA) is 52.5 Å². The summed E-state index contributed by atoms with van der Waals surface area (Å²) < 4.78 is 13.6. The van der Waals surface area contributed by atoms with Gasteiger partial charge in [-0.3, -0.25) is 4.79 Å². The Balaban J connectivity index is 1.47. The summed E-state index contributed by atoms with van der Waals surface area (Å²) >= 11 is 0. The molecule has 32 heavy (non-hydrogen) atoms. The van der Waals surface area contributed by atoms with Crippen molar-refractivity contribution in [1.82, 2.24) is 4.57 Å². The summed E-state index contributed by atoms with van der Waals surface area (Å²) in [4.78, 5) is 12.7. The van der Waals surface area contributed by atoms with Crippen LogP contribution in [0.5, 0.6) is 11.5 Å². The van der Waals surface area contributed by atoms with E-state index < -0.39 is 0 Å². The van der Waals surface area contributed by atoms with Crippen LogP contribution in [0.3, 0.4) is 0 Å². The molecule has 1 aromatic heterocycles. The minimum Gasteiger partial charge on any atom is -0.490 e. The number of nitrogens with zero attached hydrogens (tertiary/aromatic N) is 1. The zero-order chi connectivity index (χ0) is 22.5. The van der Waals surface area contributed by atoms with Crippen molar-refractivity contribution < 1.29 is 14.3 Å². The summed E-state index contributed by atoms with van der Waals surface area (Å²) in [5, 5.41) is 5.43. The fourth-order valence-electron chi connectivity index (χ4n) is 4.20. The normalized spacial score (nSPS) is 11.1. The maximum atomic E-state index is 12.7. The number of benzene rings is 3. The number of amides is 1. The predicted octanol–water partition coefficient (Wildman–Crippen LogP) is 6.18. The Morgan fingerprint density at radius 2 is 1.59 bits per heavy atom. The Kier molecular flexibility index (Phi) is 6.64. The molecule has 1 amide bonds. The molecule has 0 spiro atoms. The zero-order valence-corrected chi connectivity index (χ0v) is 19.0. The third-order valence-electron chi connectivity index (χ3n) is 5.62. The summed E-state index contributed by atoms with van der Waals surface area (Å²) in [6.07, 6.45) is 1.03. The molecule has 0 radical (unpaired) electrons. The van der Waals surface area contributed by atoms with Gasteiger partial charge < -0.3 is 19.4 Å². The van der Waals surface area contributed by atoms with Crippen molar-refractivity contribution in [3.05, 3.63) is 66.2 Å². The van der Waals surface area contributed by atoms with Crippen molar-refractivity contribution >= 4 is 33.4 Å². The first-order valence-electron chi connectivity index (χ1n) is 11.3. The highest BCUT2D eigenvalue weighted by atomic mass is 16.5. The van der Waals surface area contributed by atoms with Crippen LogP contribution in [-0.4, -0.2) is 23.7 Å². The fourth-order valence-corrected chi connectivity index (χ4v) is 4.20. The van der Waals surface area contributed by atoms with Gasteiger partial charge in [-0.2, -0.15) is 0 Å². The number of nitrogens with one attached hydrogen (secondary N) is 1. The highest BCUT2D eigenvalue weighted by Gasteiger charge is 2.12.